The number of hydrogen-bond donors (Lipinski definition) is 0. The van der Waals surface area contributed by atoms with E-state index in [0.29, 0.717) is 0 Å². The van der Waals surface area contributed by atoms with Gasteiger partial charge in [0.25, 0.3) is 0 Å². The van der Waals surface area contributed by atoms with Crippen LogP contribution in [0.3, 0.4) is 0 Å². The average Bonchev–Trinajstić information content (AvgIpc) is 3.06. The average molecular weight is 494 g/mol. The van der Waals surface area contributed by atoms with Crippen LogP contribution in [0.4, 0.5) is 0 Å². The minimum atomic E-state index is 0. The summed E-state index contributed by atoms with van der Waals surface area (Å²) in [5.74, 6) is 0. The van der Waals surface area contributed by atoms with Gasteiger partial charge in [-0.1, -0.05) is 66.3 Å². The van der Waals surface area contributed by atoms with Gasteiger partial charge in [0, 0.05) is 25.8 Å². The van der Waals surface area contributed by atoms with E-state index >= 15 is 0 Å². The largest absolute Gasteiger partial charge is 1.00 e. The summed E-state index contributed by atoms with van der Waals surface area (Å²) in [7, 11) is 0. The second kappa shape index (κ2) is 8.29. The van der Waals surface area contributed by atoms with Gasteiger partial charge >= 0.3 is 0 Å². The Morgan fingerprint density at radius 3 is 2.41 bits per heavy atom. The van der Waals surface area contributed by atoms with Gasteiger partial charge in [-0.2, -0.15) is 0 Å². The van der Waals surface area contributed by atoms with Crippen molar-refractivity contribution in [2.24, 2.45) is 0 Å². The van der Waals surface area contributed by atoms with Gasteiger partial charge in [-0.25, -0.2) is 0 Å². The topological polar surface area (TPSA) is 0 Å². The van der Waals surface area contributed by atoms with E-state index in [1.165, 1.54) is 33.4 Å². The summed E-state index contributed by atoms with van der Waals surface area (Å²) in [5.41, 5.74) is 8.92. The number of allylic oxidation sites excluding steroid dienone is 4. The summed E-state index contributed by atoms with van der Waals surface area (Å²) >= 11 is 0. The Bertz CT molecular complexity index is 717. The molecule has 2 aromatic carbocycles. The van der Waals surface area contributed by atoms with Gasteiger partial charge < -0.3 is 24.8 Å². The zero-order valence-corrected chi connectivity index (χ0v) is 17.3. The third-order valence-corrected chi connectivity index (χ3v) is 4.21. The molecule has 0 N–H and O–H groups in total. The molecule has 2 aromatic rings. The second-order valence-electron chi connectivity index (χ2n) is 5.41. The minimum Gasteiger partial charge on any atom is -1.00 e. The van der Waals surface area contributed by atoms with Crippen molar-refractivity contribution in [2.75, 3.05) is 0 Å². The fourth-order valence-corrected chi connectivity index (χ4v) is 3.26. The molecule has 0 saturated heterocycles. The predicted molar refractivity (Wildman–Crippen MR) is 80.2 cm³/mol. The molecule has 0 heterocycles. The Morgan fingerprint density at radius 1 is 0.864 bits per heavy atom. The normalized spacial score (nSPS) is 13.2. The molecule has 4 rings (SSSR count). The van der Waals surface area contributed by atoms with Gasteiger partial charge in [0.15, 0.2) is 0 Å². The van der Waals surface area contributed by atoms with Gasteiger partial charge in [-0.05, 0) is 47.1 Å². The Balaban J connectivity index is 0.000000807. The summed E-state index contributed by atoms with van der Waals surface area (Å²) in [4.78, 5) is 0. The van der Waals surface area contributed by atoms with E-state index < -0.39 is 0 Å². The van der Waals surface area contributed by atoms with E-state index in [-0.39, 0.29) is 50.7 Å². The molecule has 0 saturated carbocycles. The zero-order chi connectivity index (χ0) is 12.7. The summed E-state index contributed by atoms with van der Waals surface area (Å²) in [5, 5.41) is 0. The minimum absolute atomic E-state index is 0. The van der Waals surface area contributed by atoms with Crippen LogP contribution in [0.2, 0.25) is 0 Å². The van der Waals surface area contributed by atoms with Crippen LogP contribution >= 0.6 is 0 Å². The van der Waals surface area contributed by atoms with Crippen LogP contribution in [0.25, 0.3) is 11.1 Å². The molecule has 0 amide bonds. The Morgan fingerprint density at radius 2 is 1.64 bits per heavy atom. The molecule has 112 valence electrons. The zero-order valence-electron chi connectivity index (χ0n) is 12.2. The Hall–Kier alpha value is -0.630. The van der Waals surface area contributed by atoms with Crippen LogP contribution in [0.1, 0.15) is 23.1 Å². The van der Waals surface area contributed by atoms with Gasteiger partial charge in [0.1, 0.15) is 0 Å². The third-order valence-electron chi connectivity index (χ3n) is 4.21. The fraction of sp³-hybridized carbons (Fsp3) is 0.158. The van der Waals surface area contributed by atoms with E-state index in [1.807, 2.05) is 0 Å². The van der Waals surface area contributed by atoms with E-state index in [9.17, 15) is 0 Å². The molecule has 22 heavy (non-hydrogen) atoms. The van der Waals surface area contributed by atoms with E-state index in [0.717, 1.165) is 19.3 Å². The first-order chi connectivity index (χ1) is 9.42. The summed E-state index contributed by atoms with van der Waals surface area (Å²) in [6.07, 6.45) is 10.0. The fourth-order valence-electron chi connectivity index (χ4n) is 3.26. The van der Waals surface area contributed by atoms with Gasteiger partial charge in [0.2, 0.25) is 0 Å². The van der Waals surface area contributed by atoms with Crippen LogP contribution in [0.5, 0.6) is 0 Å². The van der Waals surface area contributed by atoms with Crippen LogP contribution in [-0.4, -0.2) is 0 Å². The molecule has 0 aliphatic heterocycles. The van der Waals surface area contributed by atoms with Crippen molar-refractivity contribution in [3.05, 3.63) is 83.0 Å². The van der Waals surface area contributed by atoms with Crippen molar-refractivity contribution in [1.29, 1.82) is 0 Å². The van der Waals surface area contributed by atoms with E-state index in [1.54, 1.807) is 0 Å². The van der Waals surface area contributed by atoms with Gasteiger partial charge in [-0.15, -0.1) is 0 Å². The maximum absolute atomic E-state index is 2.30. The number of rotatable bonds is 2. The Kier molecular flexibility index (Phi) is 7.31. The molecule has 2 aliphatic rings. The van der Waals surface area contributed by atoms with Crippen molar-refractivity contribution in [1.82, 2.24) is 0 Å². The number of fused-ring (bicyclic) bond motifs is 3. The molecule has 0 bridgehead atoms. The van der Waals surface area contributed by atoms with Crippen LogP contribution in [0.15, 0.2) is 66.3 Å². The number of halogens is 2. The number of hydrogen-bond acceptors (Lipinski definition) is 0. The first kappa shape index (κ1) is 19.4. The molecule has 0 nitrogen and oxygen atoms in total. The molecular weight excluding hydrogens is 478 g/mol. The summed E-state index contributed by atoms with van der Waals surface area (Å²) in [6.45, 7) is 0. The first-order valence-corrected chi connectivity index (χ1v) is 6.95. The molecule has 0 spiro atoms. The smallest absolute Gasteiger partial charge is 0 e. The number of benzene rings is 2. The van der Waals surface area contributed by atoms with Crippen molar-refractivity contribution in [3.8, 4) is 11.1 Å². The summed E-state index contributed by atoms with van der Waals surface area (Å²) < 4.78 is 0. The molecule has 0 unspecified atom stereocenters. The monoisotopic (exact) mass is 494 g/mol. The van der Waals surface area contributed by atoms with Crippen LogP contribution in [-0.2, 0) is 38.7 Å². The molecular formula is C19H16Cl2Hf-2. The standard InChI is InChI=1S/C19H16.2ClH.Hf/c1-2-7-14(6-1)12-15-9-5-11-18-17-10-4-3-8-16(17)13-19(15)18;;;/h1-6,8-11H,7,12-13H2;2*1H;/p-2. The molecule has 2 aliphatic carbocycles. The van der Waals surface area contributed by atoms with Gasteiger partial charge in [0.05, 0.1) is 0 Å². The van der Waals surface area contributed by atoms with Crippen LogP contribution in [0, 0.1) is 0 Å². The molecule has 3 heteroatoms. The second-order valence-corrected chi connectivity index (χ2v) is 5.41. The van der Waals surface area contributed by atoms with Crippen molar-refractivity contribution >= 4 is 0 Å². The molecule has 0 fully saturated rings. The quantitative estimate of drug-likeness (QED) is 0.389. The first-order valence-electron chi connectivity index (χ1n) is 6.95. The van der Waals surface area contributed by atoms with Crippen molar-refractivity contribution in [2.45, 2.75) is 19.3 Å². The maximum Gasteiger partial charge on any atom is 0 e. The van der Waals surface area contributed by atoms with Crippen molar-refractivity contribution in [3.63, 3.8) is 0 Å². The molecule has 0 atom stereocenters. The van der Waals surface area contributed by atoms with Crippen molar-refractivity contribution < 1.29 is 50.7 Å². The Labute approximate surface area is 163 Å². The van der Waals surface area contributed by atoms with Crippen LogP contribution < -0.4 is 24.8 Å². The third kappa shape index (κ3) is 3.48. The maximum atomic E-state index is 2.30. The predicted octanol–water partition coefficient (Wildman–Crippen LogP) is -1.31. The molecule has 0 aromatic heterocycles. The van der Waals surface area contributed by atoms with E-state index in [2.05, 4.69) is 60.7 Å². The SMILES string of the molecule is C1=CCC(Cc2cccc3c2Cc2ccccc2-3)=C1.[Cl-].[Cl-].[Hf]. The summed E-state index contributed by atoms with van der Waals surface area (Å²) in [6, 6.07) is 15.6. The molecule has 0 radical (unpaired) electrons. The van der Waals surface area contributed by atoms with Gasteiger partial charge in [-0.3, -0.25) is 0 Å². The van der Waals surface area contributed by atoms with E-state index in [4.69, 9.17) is 0 Å².